The summed E-state index contributed by atoms with van der Waals surface area (Å²) in [5, 5.41) is 0. The number of piperidine rings is 1. The Morgan fingerprint density at radius 3 is 2.85 bits per heavy atom. The van der Waals surface area contributed by atoms with E-state index in [4.69, 9.17) is 5.73 Å². The van der Waals surface area contributed by atoms with E-state index in [0.717, 1.165) is 44.2 Å². The highest BCUT2D eigenvalue weighted by Gasteiger charge is 2.30. The number of nitrogens with two attached hydrogens (primary N) is 1. The van der Waals surface area contributed by atoms with E-state index in [0.29, 0.717) is 6.54 Å². The molecule has 0 bridgehead atoms. The van der Waals surface area contributed by atoms with Crippen molar-refractivity contribution in [2.45, 2.75) is 45.1 Å². The quantitative estimate of drug-likeness (QED) is 0.864. The highest BCUT2D eigenvalue weighted by molar-refractivity contribution is 5.96. The Bertz CT molecular complexity index is 503. The molecule has 5 heteroatoms. The highest BCUT2D eigenvalue weighted by Crippen LogP contribution is 2.26. The highest BCUT2D eigenvalue weighted by atomic mass is 19.1. The monoisotopic (exact) mass is 282 g/mol. The van der Waals surface area contributed by atoms with Crippen LogP contribution in [0.5, 0.6) is 0 Å². The van der Waals surface area contributed by atoms with Crippen LogP contribution >= 0.6 is 0 Å². The molecule has 0 spiro atoms. The molecule has 1 aliphatic rings. The van der Waals surface area contributed by atoms with Gasteiger partial charge >= 0.3 is 0 Å². The fourth-order valence-electron chi connectivity index (χ4n) is 2.81. The van der Waals surface area contributed by atoms with Gasteiger partial charge in [-0.15, -0.1) is 0 Å². The van der Waals surface area contributed by atoms with Crippen molar-refractivity contribution in [2.75, 3.05) is 12.3 Å². The maximum Gasteiger partial charge on any atom is 0.260 e. The van der Waals surface area contributed by atoms with Crippen LogP contribution in [0.1, 0.15) is 49.4 Å². The number of anilines is 1. The Hall–Kier alpha value is -1.65. The fraction of sp³-hybridized carbons (Fsp3) is 0.533. The van der Waals surface area contributed by atoms with Gasteiger partial charge in [-0.05, 0) is 37.8 Å². The zero-order valence-electron chi connectivity index (χ0n) is 11.7. The number of hydrogen-bond acceptors (Lipinski definition) is 2. The number of benzene rings is 1. The number of carbonyl (C=O) groups excluding carboxylic acids is 1. The Balaban J connectivity index is 2.32. The SMILES string of the molecule is CCCC1CCCCN1C(=O)c1c(F)ccc(N)c1F. The third-order valence-electron chi connectivity index (χ3n) is 3.84. The van der Waals surface area contributed by atoms with Gasteiger partial charge in [-0.2, -0.15) is 0 Å². The number of carbonyl (C=O) groups is 1. The number of rotatable bonds is 3. The van der Waals surface area contributed by atoms with Crippen LogP contribution in [0.3, 0.4) is 0 Å². The second-order valence-corrected chi connectivity index (χ2v) is 5.26. The molecule has 1 unspecified atom stereocenters. The van der Waals surface area contributed by atoms with Gasteiger partial charge in [0.1, 0.15) is 11.4 Å². The first kappa shape index (κ1) is 14.8. The summed E-state index contributed by atoms with van der Waals surface area (Å²) in [5.74, 6) is -2.37. The number of nitrogen functional groups attached to an aromatic ring is 1. The Kier molecular flexibility index (Phi) is 4.57. The molecule has 0 aliphatic carbocycles. The number of halogens is 2. The molecule has 1 aromatic carbocycles. The van der Waals surface area contributed by atoms with Gasteiger partial charge in [-0.25, -0.2) is 8.78 Å². The van der Waals surface area contributed by atoms with Crippen LogP contribution < -0.4 is 5.73 Å². The molecule has 1 aromatic rings. The van der Waals surface area contributed by atoms with E-state index in [1.807, 2.05) is 6.92 Å². The lowest BCUT2D eigenvalue weighted by Gasteiger charge is -2.36. The van der Waals surface area contributed by atoms with Crippen molar-refractivity contribution in [2.24, 2.45) is 0 Å². The molecular formula is C15H20F2N2O. The van der Waals surface area contributed by atoms with Crippen LogP contribution in [0.4, 0.5) is 14.5 Å². The lowest BCUT2D eigenvalue weighted by molar-refractivity contribution is 0.0591. The van der Waals surface area contributed by atoms with Gasteiger partial charge in [0.05, 0.1) is 5.69 Å². The van der Waals surface area contributed by atoms with Crippen molar-refractivity contribution in [1.29, 1.82) is 0 Å². The Morgan fingerprint density at radius 2 is 2.15 bits per heavy atom. The molecular weight excluding hydrogens is 262 g/mol. The number of amides is 1. The van der Waals surface area contributed by atoms with Crippen molar-refractivity contribution >= 4 is 11.6 Å². The van der Waals surface area contributed by atoms with Crippen molar-refractivity contribution in [3.8, 4) is 0 Å². The van der Waals surface area contributed by atoms with E-state index in [1.165, 1.54) is 0 Å². The maximum atomic E-state index is 14.0. The van der Waals surface area contributed by atoms with Crippen LogP contribution in [0.2, 0.25) is 0 Å². The molecule has 1 saturated heterocycles. The molecule has 3 nitrogen and oxygen atoms in total. The molecule has 1 fully saturated rings. The predicted molar refractivity (Wildman–Crippen MR) is 74.4 cm³/mol. The largest absolute Gasteiger partial charge is 0.396 e. The summed E-state index contributed by atoms with van der Waals surface area (Å²) in [6.07, 6.45) is 4.62. The van der Waals surface area contributed by atoms with Gasteiger partial charge in [-0.1, -0.05) is 13.3 Å². The minimum Gasteiger partial charge on any atom is -0.396 e. The molecule has 20 heavy (non-hydrogen) atoms. The van der Waals surface area contributed by atoms with Gasteiger partial charge in [0.2, 0.25) is 0 Å². The average Bonchev–Trinajstić information content (AvgIpc) is 2.44. The Morgan fingerprint density at radius 1 is 1.40 bits per heavy atom. The molecule has 2 rings (SSSR count). The van der Waals surface area contributed by atoms with E-state index >= 15 is 0 Å². The zero-order valence-corrected chi connectivity index (χ0v) is 11.7. The molecule has 1 heterocycles. The van der Waals surface area contributed by atoms with Crippen LogP contribution in [-0.4, -0.2) is 23.4 Å². The van der Waals surface area contributed by atoms with Crippen molar-refractivity contribution < 1.29 is 13.6 Å². The summed E-state index contributed by atoms with van der Waals surface area (Å²) >= 11 is 0. The molecule has 2 N–H and O–H groups in total. The smallest absolute Gasteiger partial charge is 0.260 e. The van der Waals surface area contributed by atoms with Crippen LogP contribution in [0, 0.1) is 11.6 Å². The Labute approximate surface area is 117 Å². The second-order valence-electron chi connectivity index (χ2n) is 5.26. The first-order chi connectivity index (χ1) is 9.56. The van der Waals surface area contributed by atoms with E-state index in [1.54, 1.807) is 4.90 Å². The number of likely N-dealkylation sites (tertiary alicyclic amines) is 1. The van der Waals surface area contributed by atoms with Gasteiger partial charge in [-0.3, -0.25) is 4.79 Å². The lowest BCUT2D eigenvalue weighted by Crippen LogP contribution is -2.44. The molecule has 1 amide bonds. The van der Waals surface area contributed by atoms with Crippen LogP contribution in [-0.2, 0) is 0 Å². The van der Waals surface area contributed by atoms with E-state index < -0.39 is 23.1 Å². The predicted octanol–water partition coefficient (Wildman–Crippen LogP) is 3.34. The molecule has 0 aromatic heterocycles. The first-order valence-corrected chi connectivity index (χ1v) is 7.10. The summed E-state index contributed by atoms with van der Waals surface area (Å²) in [7, 11) is 0. The standard InChI is InChI=1S/C15H20F2N2O/c1-2-5-10-6-3-4-9-19(10)15(20)13-11(16)7-8-12(18)14(13)17/h7-8,10H,2-6,9,18H2,1H3. The molecule has 110 valence electrons. The maximum absolute atomic E-state index is 14.0. The zero-order chi connectivity index (χ0) is 14.7. The minimum absolute atomic E-state index is 0.0708. The molecule has 1 aliphatic heterocycles. The topological polar surface area (TPSA) is 46.3 Å². The van der Waals surface area contributed by atoms with Crippen LogP contribution in [0.15, 0.2) is 12.1 Å². The first-order valence-electron chi connectivity index (χ1n) is 7.10. The van der Waals surface area contributed by atoms with Gasteiger partial charge in [0.15, 0.2) is 5.82 Å². The number of nitrogens with zero attached hydrogens (tertiary/aromatic N) is 1. The molecule has 1 atom stereocenters. The van der Waals surface area contributed by atoms with Crippen molar-refractivity contribution in [1.82, 2.24) is 4.90 Å². The summed E-state index contributed by atoms with van der Waals surface area (Å²) in [4.78, 5) is 14.1. The fourth-order valence-corrected chi connectivity index (χ4v) is 2.81. The number of hydrogen-bond donors (Lipinski definition) is 1. The second kappa shape index (κ2) is 6.20. The minimum atomic E-state index is -0.948. The van der Waals surface area contributed by atoms with E-state index in [2.05, 4.69) is 0 Å². The molecule has 0 radical (unpaired) electrons. The summed E-state index contributed by atoms with van der Waals surface area (Å²) in [5.41, 5.74) is 4.72. The van der Waals surface area contributed by atoms with Gasteiger partial charge in [0.25, 0.3) is 5.91 Å². The summed E-state index contributed by atoms with van der Waals surface area (Å²) in [6.45, 7) is 2.59. The normalized spacial score (nSPS) is 19.1. The van der Waals surface area contributed by atoms with Crippen molar-refractivity contribution in [3.63, 3.8) is 0 Å². The summed E-state index contributed by atoms with van der Waals surface area (Å²) < 4.78 is 27.8. The van der Waals surface area contributed by atoms with Gasteiger partial charge < -0.3 is 10.6 Å². The third kappa shape index (κ3) is 2.76. The lowest BCUT2D eigenvalue weighted by atomic mass is 9.97. The van der Waals surface area contributed by atoms with Gasteiger partial charge in [0, 0.05) is 12.6 Å². The van der Waals surface area contributed by atoms with E-state index in [9.17, 15) is 13.6 Å². The third-order valence-corrected chi connectivity index (χ3v) is 3.84. The summed E-state index contributed by atoms with van der Waals surface area (Å²) in [6, 6.07) is 2.26. The average molecular weight is 282 g/mol. The molecule has 0 saturated carbocycles. The van der Waals surface area contributed by atoms with Crippen molar-refractivity contribution in [3.05, 3.63) is 29.3 Å². The van der Waals surface area contributed by atoms with Crippen LogP contribution in [0.25, 0.3) is 0 Å². The van der Waals surface area contributed by atoms with E-state index in [-0.39, 0.29) is 11.7 Å².